The van der Waals surface area contributed by atoms with Gasteiger partial charge in [0.25, 0.3) is 0 Å². The minimum Gasteiger partial charge on any atom is -0.332 e. The van der Waals surface area contributed by atoms with Gasteiger partial charge < -0.3 is 9.88 Å². The van der Waals surface area contributed by atoms with Crippen molar-refractivity contribution in [3.8, 4) is 0 Å². The first kappa shape index (κ1) is 8.85. The molecule has 0 fully saturated rings. The van der Waals surface area contributed by atoms with Crippen molar-refractivity contribution in [3.63, 3.8) is 0 Å². The molecule has 0 radical (unpaired) electrons. The highest BCUT2D eigenvalue weighted by Gasteiger charge is 2.18. The summed E-state index contributed by atoms with van der Waals surface area (Å²) in [6.07, 6.45) is 2.27. The van der Waals surface area contributed by atoms with Crippen molar-refractivity contribution < 1.29 is 4.39 Å². The highest BCUT2D eigenvalue weighted by molar-refractivity contribution is 5.82. The third-order valence-corrected chi connectivity index (χ3v) is 3.07. The second kappa shape index (κ2) is 3.03. The number of nitrogens with zero attached hydrogens (tertiary/aromatic N) is 2. The lowest BCUT2D eigenvalue weighted by molar-refractivity contribution is 0.621. The molecule has 2 aromatic rings. The summed E-state index contributed by atoms with van der Waals surface area (Å²) in [5, 5.41) is 4.25. The van der Waals surface area contributed by atoms with E-state index in [1.54, 1.807) is 6.07 Å². The maximum atomic E-state index is 13.1. The average Bonchev–Trinajstić information content (AvgIpc) is 2.54. The van der Waals surface area contributed by atoms with Gasteiger partial charge in [-0.3, -0.25) is 0 Å². The van der Waals surface area contributed by atoms with Crippen LogP contribution in [0.2, 0.25) is 0 Å². The molecule has 15 heavy (non-hydrogen) atoms. The van der Waals surface area contributed by atoms with E-state index in [1.807, 2.05) is 7.05 Å². The van der Waals surface area contributed by atoms with Crippen LogP contribution < -0.4 is 5.32 Å². The van der Waals surface area contributed by atoms with Crippen LogP contribution in [0.4, 0.5) is 4.39 Å². The van der Waals surface area contributed by atoms with E-state index < -0.39 is 0 Å². The Morgan fingerprint density at radius 1 is 1.53 bits per heavy atom. The second-order valence-corrected chi connectivity index (χ2v) is 3.94. The van der Waals surface area contributed by atoms with Crippen LogP contribution in [-0.4, -0.2) is 16.1 Å². The van der Waals surface area contributed by atoms with Crippen molar-refractivity contribution in [2.24, 2.45) is 7.05 Å². The summed E-state index contributed by atoms with van der Waals surface area (Å²) in [6, 6.07) is 1.58. The normalized spacial score (nSPS) is 15.6. The third-order valence-electron chi connectivity index (χ3n) is 3.07. The summed E-state index contributed by atoms with van der Waals surface area (Å²) < 4.78 is 15.2. The van der Waals surface area contributed by atoms with E-state index in [9.17, 15) is 4.39 Å². The first-order valence-electron chi connectivity index (χ1n) is 5.10. The van der Waals surface area contributed by atoms with Gasteiger partial charge in [0.15, 0.2) is 0 Å². The molecule has 4 heteroatoms. The van der Waals surface area contributed by atoms with Crippen LogP contribution in [-0.2, 0) is 20.0 Å². The molecular weight excluding hydrogens is 193 g/mol. The van der Waals surface area contributed by atoms with Crippen LogP contribution in [0.15, 0.2) is 12.3 Å². The molecule has 0 aliphatic carbocycles. The number of rotatable bonds is 0. The fourth-order valence-corrected chi connectivity index (χ4v) is 2.34. The van der Waals surface area contributed by atoms with E-state index in [-0.39, 0.29) is 5.82 Å². The first-order valence-corrected chi connectivity index (χ1v) is 5.10. The number of aromatic nitrogens is 2. The molecule has 1 aliphatic rings. The maximum absolute atomic E-state index is 13.1. The van der Waals surface area contributed by atoms with Crippen LogP contribution in [0.25, 0.3) is 11.0 Å². The largest absolute Gasteiger partial charge is 0.332 e. The van der Waals surface area contributed by atoms with Gasteiger partial charge in [0.2, 0.25) is 0 Å². The fraction of sp³-hybridized carbons (Fsp3) is 0.364. The average molecular weight is 205 g/mol. The molecule has 3 heterocycles. The van der Waals surface area contributed by atoms with E-state index in [2.05, 4.69) is 14.9 Å². The molecule has 0 atom stereocenters. The number of hydrogen-bond acceptors (Lipinski definition) is 2. The van der Waals surface area contributed by atoms with Crippen molar-refractivity contribution >= 4 is 11.0 Å². The lowest BCUT2D eigenvalue weighted by atomic mass is 10.1. The molecule has 0 bridgehead atoms. The lowest BCUT2D eigenvalue weighted by Crippen LogP contribution is -2.24. The molecule has 2 aromatic heterocycles. The van der Waals surface area contributed by atoms with Gasteiger partial charge in [-0.25, -0.2) is 9.37 Å². The topological polar surface area (TPSA) is 29.9 Å². The predicted octanol–water partition coefficient (Wildman–Crippen LogP) is 1.36. The second-order valence-electron chi connectivity index (χ2n) is 3.94. The molecule has 1 N–H and O–H groups in total. The van der Waals surface area contributed by atoms with Crippen LogP contribution in [0.1, 0.15) is 11.3 Å². The van der Waals surface area contributed by atoms with Crippen LogP contribution in [0.5, 0.6) is 0 Å². The van der Waals surface area contributed by atoms with Gasteiger partial charge in [-0.2, -0.15) is 0 Å². The Morgan fingerprint density at radius 2 is 2.40 bits per heavy atom. The minimum absolute atomic E-state index is 0.263. The van der Waals surface area contributed by atoms with Crippen molar-refractivity contribution in [3.05, 3.63) is 29.3 Å². The molecule has 0 unspecified atom stereocenters. The van der Waals surface area contributed by atoms with Gasteiger partial charge >= 0.3 is 0 Å². The zero-order valence-electron chi connectivity index (χ0n) is 8.55. The van der Waals surface area contributed by atoms with Crippen molar-refractivity contribution in [1.82, 2.24) is 14.9 Å². The predicted molar refractivity (Wildman–Crippen MR) is 56.1 cm³/mol. The van der Waals surface area contributed by atoms with Gasteiger partial charge in [-0.1, -0.05) is 0 Å². The molecule has 0 saturated heterocycles. The molecule has 3 rings (SSSR count). The van der Waals surface area contributed by atoms with Crippen molar-refractivity contribution in [2.75, 3.05) is 6.54 Å². The Balaban J connectivity index is 2.39. The molecule has 0 amide bonds. The SMILES string of the molecule is Cn1c2c(c3cc(F)cnc31)CNCC2. The Bertz CT molecular complexity index is 530. The molecular formula is C11H12FN3. The number of pyridine rings is 1. The number of aryl methyl sites for hydroxylation is 1. The van der Waals surface area contributed by atoms with Gasteiger partial charge in [-0.15, -0.1) is 0 Å². The van der Waals surface area contributed by atoms with Crippen LogP contribution in [0.3, 0.4) is 0 Å². The molecule has 0 spiro atoms. The smallest absolute Gasteiger partial charge is 0.142 e. The minimum atomic E-state index is -0.263. The summed E-state index contributed by atoms with van der Waals surface area (Å²) >= 11 is 0. The Hall–Kier alpha value is -1.42. The van der Waals surface area contributed by atoms with Crippen molar-refractivity contribution in [2.45, 2.75) is 13.0 Å². The number of halogens is 1. The molecule has 0 saturated carbocycles. The summed E-state index contributed by atoms with van der Waals surface area (Å²) in [7, 11) is 2.00. The number of fused-ring (bicyclic) bond motifs is 3. The summed E-state index contributed by atoms with van der Waals surface area (Å²) in [5.41, 5.74) is 3.36. The quantitative estimate of drug-likeness (QED) is 0.703. The molecule has 1 aliphatic heterocycles. The van der Waals surface area contributed by atoms with E-state index in [4.69, 9.17) is 0 Å². The molecule has 3 nitrogen and oxygen atoms in total. The lowest BCUT2D eigenvalue weighted by Gasteiger charge is -2.14. The fourth-order valence-electron chi connectivity index (χ4n) is 2.34. The van der Waals surface area contributed by atoms with Crippen molar-refractivity contribution in [1.29, 1.82) is 0 Å². The third kappa shape index (κ3) is 1.18. The van der Waals surface area contributed by atoms with Gasteiger partial charge in [0, 0.05) is 37.6 Å². The standard InChI is InChI=1S/C11H12FN3/c1-15-10-2-3-13-6-9(10)8-4-7(12)5-14-11(8)15/h4-5,13H,2-3,6H2,1H3. The number of hydrogen-bond donors (Lipinski definition) is 1. The van der Waals surface area contributed by atoms with Gasteiger partial charge in [-0.05, 0) is 11.6 Å². The van der Waals surface area contributed by atoms with E-state index in [1.165, 1.54) is 17.5 Å². The highest BCUT2D eigenvalue weighted by atomic mass is 19.1. The zero-order chi connectivity index (χ0) is 10.4. The maximum Gasteiger partial charge on any atom is 0.142 e. The Morgan fingerprint density at radius 3 is 3.27 bits per heavy atom. The monoisotopic (exact) mass is 205 g/mol. The highest BCUT2D eigenvalue weighted by Crippen LogP contribution is 2.26. The summed E-state index contributed by atoms with van der Waals surface area (Å²) in [5.74, 6) is -0.263. The molecule has 78 valence electrons. The Labute approximate surface area is 86.9 Å². The van der Waals surface area contributed by atoms with Gasteiger partial charge in [0.05, 0.1) is 6.20 Å². The van der Waals surface area contributed by atoms with Crippen LogP contribution in [0, 0.1) is 5.82 Å². The zero-order valence-corrected chi connectivity index (χ0v) is 8.55. The first-order chi connectivity index (χ1) is 7.27. The Kier molecular flexibility index (Phi) is 1.79. The van der Waals surface area contributed by atoms with E-state index >= 15 is 0 Å². The summed E-state index contributed by atoms with van der Waals surface area (Å²) in [6.45, 7) is 1.80. The van der Waals surface area contributed by atoms with E-state index in [0.717, 1.165) is 30.5 Å². The van der Waals surface area contributed by atoms with E-state index in [0.29, 0.717) is 0 Å². The number of nitrogens with one attached hydrogen (secondary N) is 1. The van der Waals surface area contributed by atoms with Gasteiger partial charge in [0.1, 0.15) is 11.5 Å². The molecule has 0 aromatic carbocycles. The van der Waals surface area contributed by atoms with Crippen LogP contribution >= 0.6 is 0 Å². The summed E-state index contributed by atoms with van der Waals surface area (Å²) in [4.78, 5) is 4.15.